The van der Waals surface area contributed by atoms with Crippen molar-refractivity contribution in [3.8, 4) is 16.9 Å². The number of hydrogen-bond donors (Lipinski definition) is 2. The maximum Gasteiger partial charge on any atom is 0.213 e. The second kappa shape index (κ2) is 7.01. The van der Waals surface area contributed by atoms with Gasteiger partial charge in [-0.15, -0.1) is 0 Å². The third-order valence-corrected chi connectivity index (χ3v) is 5.45. The molecule has 0 aromatic heterocycles. The van der Waals surface area contributed by atoms with Crippen molar-refractivity contribution in [2.45, 2.75) is 18.5 Å². The number of primary sulfonamides is 1. The van der Waals surface area contributed by atoms with E-state index in [-0.39, 0.29) is 12.4 Å². The number of sulfonamides is 1. The van der Waals surface area contributed by atoms with Crippen LogP contribution >= 0.6 is 0 Å². The highest BCUT2D eigenvalue weighted by atomic mass is 32.2. The van der Waals surface area contributed by atoms with Gasteiger partial charge in [0, 0.05) is 11.1 Å². The summed E-state index contributed by atoms with van der Waals surface area (Å²) in [6.07, 6.45) is -0.618. The van der Waals surface area contributed by atoms with E-state index in [2.05, 4.69) is 0 Å². The minimum absolute atomic E-state index is 0.171. The molecule has 144 valence electrons. The second-order valence-corrected chi connectivity index (χ2v) is 8.34. The van der Waals surface area contributed by atoms with Crippen LogP contribution in [-0.4, -0.2) is 13.5 Å². The molecular weight excluding hydrogens is 381 g/mol. The summed E-state index contributed by atoms with van der Waals surface area (Å²) in [6, 6.07) is 16.7. The average Bonchev–Trinajstić information content (AvgIpc) is 2.65. The lowest BCUT2D eigenvalue weighted by Crippen LogP contribution is -2.18. The van der Waals surface area contributed by atoms with Gasteiger partial charge in [0.1, 0.15) is 17.7 Å². The SMILES string of the molecule is NS(=O)(=O)Cc1ccc2c(c1)C(c1cccc(F)c1)Oc1cccc(CO)c1-2. The third kappa shape index (κ3) is 3.52. The molecule has 3 aromatic carbocycles. The number of ether oxygens (including phenoxy) is 1. The Morgan fingerprint density at radius 3 is 2.57 bits per heavy atom. The number of aliphatic hydroxyl groups excluding tert-OH is 1. The van der Waals surface area contributed by atoms with Gasteiger partial charge < -0.3 is 9.84 Å². The molecule has 1 unspecified atom stereocenters. The second-order valence-electron chi connectivity index (χ2n) is 6.73. The summed E-state index contributed by atoms with van der Waals surface area (Å²) in [5.74, 6) is -0.129. The van der Waals surface area contributed by atoms with Crippen molar-refractivity contribution in [1.82, 2.24) is 0 Å². The molecule has 5 nitrogen and oxygen atoms in total. The van der Waals surface area contributed by atoms with Crippen LogP contribution in [0.5, 0.6) is 5.75 Å². The molecular formula is C21H18FNO4S. The first kappa shape index (κ1) is 18.6. The largest absolute Gasteiger partial charge is 0.480 e. The standard InChI is InChI=1S/C21H18FNO4S/c22-16-5-1-3-14(10-16)21-18-9-13(12-28(23,25)26)7-8-17(18)20-15(11-24)4-2-6-19(20)27-21/h1-10,21,24H,11-12H2,(H2,23,25,26). The lowest BCUT2D eigenvalue weighted by molar-refractivity contribution is 0.240. The Hall–Kier alpha value is -2.74. The summed E-state index contributed by atoms with van der Waals surface area (Å²) < 4.78 is 43.1. The van der Waals surface area contributed by atoms with E-state index in [9.17, 15) is 17.9 Å². The molecule has 1 atom stereocenters. The van der Waals surface area contributed by atoms with Crippen molar-refractivity contribution in [2.75, 3.05) is 0 Å². The van der Waals surface area contributed by atoms with Crippen LogP contribution in [0.4, 0.5) is 4.39 Å². The first-order valence-corrected chi connectivity index (χ1v) is 10.4. The van der Waals surface area contributed by atoms with E-state index in [1.54, 1.807) is 48.5 Å². The predicted molar refractivity (Wildman–Crippen MR) is 103 cm³/mol. The Labute approximate surface area is 162 Å². The number of rotatable bonds is 4. The summed E-state index contributed by atoms with van der Waals surface area (Å²) in [7, 11) is -3.71. The zero-order chi connectivity index (χ0) is 19.9. The van der Waals surface area contributed by atoms with Gasteiger partial charge >= 0.3 is 0 Å². The highest BCUT2D eigenvalue weighted by molar-refractivity contribution is 7.88. The van der Waals surface area contributed by atoms with Gasteiger partial charge in [-0.05, 0) is 40.5 Å². The van der Waals surface area contributed by atoms with Crippen LogP contribution in [0.3, 0.4) is 0 Å². The summed E-state index contributed by atoms with van der Waals surface area (Å²) in [5, 5.41) is 14.9. The van der Waals surface area contributed by atoms with Gasteiger partial charge in [0.15, 0.2) is 0 Å². The van der Waals surface area contributed by atoms with E-state index in [0.717, 1.165) is 11.1 Å². The molecule has 0 bridgehead atoms. The monoisotopic (exact) mass is 399 g/mol. The predicted octanol–water partition coefficient (Wildman–Crippen LogP) is 3.26. The van der Waals surface area contributed by atoms with E-state index < -0.39 is 21.9 Å². The van der Waals surface area contributed by atoms with Crippen molar-refractivity contribution in [3.63, 3.8) is 0 Å². The minimum Gasteiger partial charge on any atom is -0.480 e. The summed E-state index contributed by atoms with van der Waals surface area (Å²) in [4.78, 5) is 0. The fourth-order valence-electron chi connectivity index (χ4n) is 3.60. The fourth-order valence-corrected chi connectivity index (χ4v) is 4.24. The fraction of sp³-hybridized carbons (Fsp3) is 0.143. The van der Waals surface area contributed by atoms with E-state index in [0.29, 0.717) is 28.0 Å². The average molecular weight is 399 g/mol. The molecule has 0 amide bonds. The normalized spacial score (nSPS) is 15.5. The topological polar surface area (TPSA) is 89.6 Å². The van der Waals surface area contributed by atoms with Crippen molar-refractivity contribution in [2.24, 2.45) is 5.14 Å². The molecule has 0 fully saturated rings. The highest BCUT2D eigenvalue weighted by Gasteiger charge is 2.29. The Bertz CT molecular complexity index is 1160. The molecule has 1 aliphatic heterocycles. The molecule has 28 heavy (non-hydrogen) atoms. The Balaban J connectivity index is 1.93. The molecule has 4 rings (SSSR count). The van der Waals surface area contributed by atoms with Crippen molar-refractivity contribution < 1.29 is 22.7 Å². The first-order valence-electron chi connectivity index (χ1n) is 8.64. The molecule has 7 heteroatoms. The number of halogens is 1. The Kier molecular flexibility index (Phi) is 4.66. The molecule has 1 heterocycles. The zero-order valence-corrected chi connectivity index (χ0v) is 15.6. The third-order valence-electron chi connectivity index (χ3n) is 4.71. The molecule has 0 saturated carbocycles. The summed E-state index contributed by atoms with van der Waals surface area (Å²) in [6.45, 7) is -0.171. The maximum absolute atomic E-state index is 13.8. The van der Waals surface area contributed by atoms with Crippen molar-refractivity contribution in [3.05, 3.63) is 88.7 Å². The lowest BCUT2D eigenvalue weighted by Gasteiger charge is -2.31. The maximum atomic E-state index is 13.8. The number of aliphatic hydroxyl groups is 1. The van der Waals surface area contributed by atoms with Crippen LogP contribution in [0.1, 0.15) is 28.4 Å². The molecule has 3 N–H and O–H groups in total. The number of nitrogens with two attached hydrogens (primary N) is 1. The van der Waals surface area contributed by atoms with Crippen molar-refractivity contribution in [1.29, 1.82) is 0 Å². The highest BCUT2D eigenvalue weighted by Crippen LogP contribution is 2.46. The summed E-state index contributed by atoms with van der Waals surface area (Å²) in [5.41, 5.74) is 4.05. The van der Waals surface area contributed by atoms with Gasteiger partial charge in [-0.3, -0.25) is 0 Å². The Morgan fingerprint density at radius 1 is 1.07 bits per heavy atom. The summed E-state index contributed by atoms with van der Waals surface area (Å²) >= 11 is 0. The number of hydrogen-bond acceptors (Lipinski definition) is 4. The van der Waals surface area contributed by atoms with Gasteiger partial charge in [-0.2, -0.15) is 0 Å². The quantitative estimate of drug-likeness (QED) is 0.705. The molecule has 0 aliphatic carbocycles. The van der Waals surface area contributed by atoms with Crippen molar-refractivity contribution >= 4 is 10.0 Å². The van der Waals surface area contributed by atoms with Crippen LogP contribution in [0.2, 0.25) is 0 Å². The molecule has 1 aliphatic rings. The first-order chi connectivity index (χ1) is 13.4. The zero-order valence-electron chi connectivity index (χ0n) is 14.8. The van der Waals surface area contributed by atoms with Gasteiger partial charge in [0.25, 0.3) is 0 Å². The van der Waals surface area contributed by atoms with Gasteiger partial charge in [-0.25, -0.2) is 17.9 Å². The number of fused-ring (bicyclic) bond motifs is 3. The van der Waals surface area contributed by atoms with Gasteiger partial charge in [-0.1, -0.05) is 42.5 Å². The van der Waals surface area contributed by atoms with E-state index in [1.165, 1.54) is 12.1 Å². The van der Waals surface area contributed by atoms with Gasteiger partial charge in [0.05, 0.1) is 12.4 Å². The molecule has 0 spiro atoms. The van der Waals surface area contributed by atoms with Crippen LogP contribution in [-0.2, 0) is 22.4 Å². The lowest BCUT2D eigenvalue weighted by atomic mass is 9.86. The molecule has 3 aromatic rings. The Morgan fingerprint density at radius 2 is 1.86 bits per heavy atom. The number of benzene rings is 3. The van der Waals surface area contributed by atoms with E-state index in [1.807, 2.05) is 0 Å². The smallest absolute Gasteiger partial charge is 0.213 e. The van der Waals surface area contributed by atoms with Gasteiger partial charge in [0.2, 0.25) is 10.0 Å². The minimum atomic E-state index is -3.71. The van der Waals surface area contributed by atoms with E-state index >= 15 is 0 Å². The van der Waals surface area contributed by atoms with Crippen LogP contribution < -0.4 is 9.88 Å². The molecule has 0 saturated heterocycles. The molecule has 0 radical (unpaired) electrons. The van der Waals surface area contributed by atoms with Crippen LogP contribution in [0, 0.1) is 5.82 Å². The van der Waals surface area contributed by atoms with E-state index in [4.69, 9.17) is 9.88 Å². The van der Waals surface area contributed by atoms with Crippen LogP contribution in [0.15, 0.2) is 60.7 Å². The van der Waals surface area contributed by atoms with Crippen LogP contribution in [0.25, 0.3) is 11.1 Å².